The van der Waals surface area contributed by atoms with Gasteiger partial charge >= 0.3 is 5.97 Å². The minimum atomic E-state index is -0.567. The summed E-state index contributed by atoms with van der Waals surface area (Å²) in [6, 6.07) is 0. The van der Waals surface area contributed by atoms with Crippen LogP contribution in [0, 0.1) is 0 Å². The Morgan fingerprint density at radius 2 is 2.00 bits per heavy atom. The topological polar surface area (TPSA) is 98.6 Å². The second-order valence-corrected chi connectivity index (χ2v) is 3.51. The molecule has 0 aliphatic carbocycles. The van der Waals surface area contributed by atoms with Gasteiger partial charge in [-0.25, -0.2) is 4.79 Å². The third kappa shape index (κ3) is 6.22. The summed E-state index contributed by atoms with van der Waals surface area (Å²) in [6.07, 6.45) is 0.0356. The average molecular weight is 216 g/mol. The molecule has 0 radical (unpaired) electrons. The molecule has 0 heterocycles. The molecule has 0 aromatic rings. The highest BCUT2D eigenvalue weighted by Crippen LogP contribution is 2.06. The molecule has 5 nitrogen and oxygen atoms in total. The number of aliphatic hydroxyl groups is 1. The van der Waals surface area contributed by atoms with E-state index in [1.807, 2.05) is 0 Å². The Hall–Kier alpha value is -0.910. The Kier molecular flexibility index (Phi) is 6.94. The highest BCUT2D eigenvalue weighted by molar-refractivity contribution is 5.87. The first-order chi connectivity index (χ1) is 7.01. The van der Waals surface area contributed by atoms with Crippen molar-refractivity contribution in [3.63, 3.8) is 0 Å². The van der Waals surface area contributed by atoms with E-state index in [0.29, 0.717) is 18.4 Å². The van der Waals surface area contributed by atoms with Gasteiger partial charge in [0.1, 0.15) is 6.10 Å². The number of aliphatic hydroxyl groups excluding tert-OH is 1. The van der Waals surface area contributed by atoms with Crippen molar-refractivity contribution in [3.05, 3.63) is 12.2 Å². The van der Waals surface area contributed by atoms with Crippen molar-refractivity contribution in [1.82, 2.24) is 0 Å². The van der Waals surface area contributed by atoms with Crippen LogP contribution < -0.4 is 11.5 Å². The number of nitrogens with two attached hydrogens (primary N) is 2. The molecule has 0 aliphatic rings. The van der Waals surface area contributed by atoms with Crippen molar-refractivity contribution < 1.29 is 14.6 Å². The first-order valence-electron chi connectivity index (χ1n) is 4.96. The van der Waals surface area contributed by atoms with Gasteiger partial charge in [0.15, 0.2) is 0 Å². The molecule has 5 N–H and O–H groups in total. The highest BCUT2D eigenvalue weighted by atomic mass is 16.5. The molecule has 0 rings (SSSR count). The van der Waals surface area contributed by atoms with E-state index in [1.165, 1.54) is 0 Å². The largest absolute Gasteiger partial charge is 0.458 e. The van der Waals surface area contributed by atoms with Crippen LogP contribution in [-0.2, 0) is 9.53 Å². The molecule has 88 valence electrons. The van der Waals surface area contributed by atoms with E-state index in [0.717, 1.165) is 0 Å². The summed E-state index contributed by atoms with van der Waals surface area (Å²) in [5, 5.41) is 9.22. The summed E-state index contributed by atoms with van der Waals surface area (Å²) in [4.78, 5) is 11.2. The van der Waals surface area contributed by atoms with Gasteiger partial charge in [-0.1, -0.05) is 6.58 Å². The minimum Gasteiger partial charge on any atom is -0.458 e. The Balaban J connectivity index is 3.93. The van der Waals surface area contributed by atoms with Gasteiger partial charge in [-0.3, -0.25) is 0 Å². The lowest BCUT2D eigenvalue weighted by molar-refractivity contribution is -0.144. The normalized spacial score (nSPS) is 14.4. The molecule has 0 aliphatic heterocycles. The zero-order valence-corrected chi connectivity index (χ0v) is 9.11. The number of carbonyl (C=O) groups excluding carboxylic acids is 1. The zero-order chi connectivity index (χ0) is 11.8. The van der Waals surface area contributed by atoms with Crippen molar-refractivity contribution in [2.24, 2.45) is 11.5 Å². The summed E-state index contributed by atoms with van der Waals surface area (Å²) in [6.45, 7) is 5.48. The summed E-state index contributed by atoms with van der Waals surface area (Å²) >= 11 is 0. The predicted octanol–water partition coefficient (Wildman–Crippen LogP) is -0.467. The Morgan fingerprint density at radius 3 is 2.40 bits per heavy atom. The van der Waals surface area contributed by atoms with Gasteiger partial charge in [0.05, 0.1) is 6.10 Å². The van der Waals surface area contributed by atoms with Crippen molar-refractivity contribution in [2.75, 3.05) is 13.1 Å². The third-order valence-corrected chi connectivity index (χ3v) is 1.98. The molecule has 15 heavy (non-hydrogen) atoms. The minimum absolute atomic E-state index is 0.200. The molecule has 0 spiro atoms. The number of rotatable bonds is 7. The molecule has 0 saturated heterocycles. The number of esters is 1. The van der Waals surface area contributed by atoms with Gasteiger partial charge in [0.2, 0.25) is 0 Å². The van der Waals surface area contributed by atoms with Crippen LogP contribution in [0.2, 0.25) is 0 Å². The first-order valence-corrected chi connectivity index (χ1v) is 4.96. The fraction of sp³-hybridized carbons (Fsp3) is 0.700. The van der Waals surface area contributed by atoms with Crippen LogP contribution in [0.1, 0.15) is 19.8 Å². The van der Waals surface area contributed by atoms with E-state index >= 15 is 0 Å². The van der Waals surface area contributed by atoms with Gasteiger partial charge in [-0.05, 0) is 19.8 Å². The summed E-state index contributed by atoms with van der Waals surface area (Å²) in [5.74, 6) is -0.451. The van der Waals surface area contributed by atoms with E-state index in [9.17, 15) is 9.90 Å². The van der Waals surface area contributed by atoms with Crippen LogP contribution in [0.25, 0.3) is 0 Å². The lowest BCUT2D eigenvalue weighted by Gasteiger charge is -2.17. The monoisotopic (exact) mass is 216 g/mol. The Labute approximate surface area is 90.1 Å². The van der Waals surface area contributed by atoms with E-state index in [1.54, 1.807) is 6.92 Å². The molecule has 2 atom stereocenters. The Bertz CT molecular complexity index is 219. The highest BCUT2D eigenvalue weighted by Gasteiger charge is 2.14. The van der Waals surface area contributed by atoms with Gasteiger partial charge < -0.3 is 21.3 Å². The summed E-state index contributed by atoms with van der Waals surface area (Å²) in [5.41, 5.74) is 11.0. The van der Waals surface area contributed by atoms with E-state index < -0.39 is 12.1 Å². The van der Waals surface area contributed by atoms with E-state index in [2.05, 4.69) is 6.58 Å². The molecule has 0 aromatic heterocycles. The smallest absolute Gasteiger partial charge is 0.333 e. The maximum absolute atomic E-state index is 11.2. The van der Waals surface area contributed by atoms with Gasteiger partial charge in [0.25, 0.3) is 0 Å². The molecular weight excluding hydrogens is 196 g/mol. The van der Waals surface area contributed by atoms with Crippen LogP contribution in [-0.4, -0.2) is 36.4 Å². The second kappa shape index (κ2) is 7.39. The standard InChI is InChI=1S/C10H20N2O3/c1-7(2)10(14)15-9(6-12)4-3-8(13)5-11/h8-9,13H,1,3-6,11-12H2,2H3. The van der Waals surface area contributed by atoms with Crippen molar-refractivity contribution in [1.29, 1.82) is 0 Å². The van der Waals surface area contributed by atoms with Crippen LogP contribution in [0.4, 0.5) is 0 Å². The molecule has 0 amide bonds. The maximum Gasteiger partial charge on any atom is 0.333 e. The van der Waals surface area contributed by atoms with E-state index in [4.69, 9.17) is 16.2 Å². The summed E-state index contributed by atoms with van der Waals surface area (Å²) < 4.78 is 5.04. The molecule has 0 saturated carbocycles. The van der Waals surface area contributed by atoms with Crippen LogP contribution in [0.5, 0.6) is 0 Å². The molecular formula is C10H20N2O3. The fourth-order valence-corrected chi connectivity index (χ4v) is 0.973. The number of hydrogen-bond acceptors (Lipinski definition) is 5. The number of ether oxygens (including phenoxy) is 1. The van der Waals surface area contributed by atoms with Crippen LogP contribution in [0.15, 0.2) is 12.2 Å². The molecule has 2 unspecified atom stereocenters. The van der Waals surface area contributed by atoms with Crippen molar-refractivity contribution in [3.8, 4) is 0 Å². The van der Waals surface area contributed by atoms with Crippen LogP contribution >= 0.6 is 0 Å². The molecule has 0 aromatic carbocycles. The first kappa shape index (κ1) is 14.1. The van der Waals surface area contributed by atoms with Gasteiger partial charge in [-0.2, -0.15) is 0 Å². The Morgan fingerprint density at radius 1 is 1.40 bits per heavy atom. The maximum atomic E-state index is 11.2. The second-order valence-electron chi connectivity index (χ2n) is 3.51. The van der Waals surface area contributed by atoms with E-state index in [-0.39, 0.29) is 19.2 Å². The van der Waals surface area contributed by atoms with Crippen molar-refractivity contribution >= 4 is 5.97 Å². The molecule has 0 bridgehead atoms. The molecule has 5 heteroatoms. The average Bonchev–Trinajstić information content (AvgIpc) is 2.22. The number of hydrogen-bond donors (Lipinski definition) is 3. The molecule has 0 fully saturated rings. The zero-order valence-electron chi connectivity index (χ0n) is 9.11. The fourth-order valence-electron chi connectivity index (χ4n) is 0.973. The van der Waals surface area contributed by atoms with Gasteiger partial charge in [-0.15, -0.1) is 0 Å². The lowest BCUT2D eigenvalue weighted by atomic mass is 10.1. The predicted molar refractivity (Wildman–Crippen MR) is 58.0 cm³/mol. The van der Waals surface area contributed by atoms with Crippen molar-refractivity contribution in [2.45, 2.75) is 32.0 Å². The lowest BCUT2D eigenvalue weighted by Crippen LogP contribution is -2.29. The van der Waals surface area contributed by atoms with Crippen LogP contribution in [0.3, 0.4) is 0 Å². The van der Waals surface area contributed by atoms with Gasteiger partial charge in [0, 0.05) is 18.7 Å². The summed E-state index contributed by atoms with van der Waals surface area (Å²) in [7, 11) is 0. The quantitative estimate of drug-likeness (QED) is 0.395. The SMILES string of the molecule is C=C(C)C(=O)OC(CN)CCC(O)CN. The number of carbonyl (C=O) groups is 1. The third-order valence-electron chi connectivity index (χ3n) is 1.98.